The molecule has 4 heteroatoms. The first kappa shape index (κ1) is 14.6. The summed E-state index contributed by atoms with van der Waals surface area (Å²) in [5.74, 6) is 0. The van der Waals surface area contributed by atoms with Gasteiger partial charge in [-0.05, 0) is 44.7 Å². The Balaban J connectivity index is 1.64. The second kappa shape index (κ2) is 5.84. The molecular weight excluding hydrogens is 291 g/mol. The fraction of sp³-hybridized carbons (Fsp3) is 0.625. The largest absolute Gasteiger partial charge is 0.306 e. The molecule has 1 N–H and O–H groups in total. The molecule has 0 aromatic heterocycles. The van der Waals surface area contributed by atoms with Crippen LogP contribution in [0.2, 0.25) is 10.0 Å². The molecule has 0 spiro atoms. The fourth-order valence-electron chi connectivity index (χ4n) is 3.39. The van der Waals surface area contributed by atoms with Crippen LogP contribution in [0.15, 0.2) is 18.2 Å². The molecule has 110 valence electrons. The highest BCUT2D eigenvalue weighted by Gasteiger charge is 2.39. The van der Waals surface area contributed by atoms with Gasteiger partial charge in [0.05, 0.1) is 10.0 Å². The molecule has 3 rings (SSSR count). The van der Waals surface area contributed by atoms with Gasteiger partial charge in [-0.15, -0.1) is 0 Å². The number of hydrogen-bond donors (Lipinski definition) is 1. The van der Waals surface area contributed by atoms with Crippen molar-refractivity contribution in [2.75, 3.05) is 6.54 Å². The van der Waals surface area contributed by atoms with E-state index in [1.54, 1.807) is 0 Å². The minimum atomic E-state index is 0.234. The quantitative estimate of drug-likeness (QED) is 0.893. The van der Waals surface area contributed by atoms with Gasteiger partial charge in [0.15, 0.2) is 0 Å². The van der Waals surface area contributed by atoms with E-state index in [4.69, 9.17) is 23.2 Å². The number of likely N-dealkylation sites (tertiary alicyclic amines) is 1. The third-order valence-corrected chi connectivity index (χ3v) is 5.41. The summed E-state index contributed by atoms with van der Waals surface area (Å²) in [6.45, 7) is 5.67. The molecular formula is C16H22Cl2N2. The predicted octanol–water partition coefficient (Wildman–Crippen LogP) is 4.27. The first-order valence-electron chi connectivity index (χ1n) is 7.52. The van der Waals surface area contributed by atoms with Crippen molar-refractivity contribution in [3.63, 3.8) is 0 Å². The molecule has 1 heterocycles. The Hall–Kier alpha value is -0.280. The Morgan fingerprint density at radius 2 is 2.05 bits per heavy atom. The summed E-state index contributed by atoms with van der Waals surface area (Å²) >= 11 is 12.4. The third kappa shape index (κ3) is 2.99. The van der Waals surface area contributed by atoms with Crippen LogP contribution >= 0.6 is 23.2 Å². The van der Waals surface area contributed by atoms with Gasteiger partial charge < -0.3 is 5.32 Å². The molecule has 0 bridgehead atoms. The normalized spacial score (nSPS) is 28.8. The van der Waals surface area contributed by atoms with Crippen LogP contribution in [-0.2, 0) is 0 Å². The van der Waals surface area contributed by atoms with Crippen molar-refractivity contribution in [1.82, 2.24) is 10.2 Å². The van der Waals surface area contributed by atoms with Crippen LogP contribution in [0.3, 0.4) is 0 Å². The van der Waals surface area contributed by atoms with Crippen molar-refractivity contribution < 1.29 is 0 Å². The average molecular weight is 313 g/mol. The average Bonchev–Trinajstić information content (AvgIpc) is 3.17. The Morgan fingerprint density at radius 3 is 2.75 bits per heavy atom. The third-order valence-electron chi connectivity index (χ3n) is 4.57. The minimum absolute atomic E-state index is 0.234. The SMILES string of the molecule is C[C@H](N[C@H]1C[C@H](C)N(C2CC2)C1)c1cccc(Cl)c1Cl. The molecule has 3 atom stereocenters. The van der Waals surface area contributed by atoms with E-state index in [1.807, 2.05) is 12.1 Å². The van der Waals surface area contributed by atoms with Crippen molar-refractivity contribution in [3.05, 3.63) is 33.8 Å². The number of halogens is 2. The van der Waals surface area contributed by atoms with Gasteiger partial charge in [0.25, 0.3) is 0 Å². The van der Waals surface area contributed by atoms with Gasteiger partial charge in [-0.25, -0.2) is 0 Å². The van der Waals surface area contributed by atoms with Crippen LogP contribution in [0.1, 0.15) is 44.7 Å². The van der Waals surface area contributed by atoms with E-state index < -0.39 is 0 Å². The summed E-state index contributed by atoms with van der Waals surface area (Å²) in [4.78, 5) is 2.66. The summed E-state index contributed by atoms with van der Waals surface area (Å²) in [6.07, 6.45) is 3.98. The van der Waals surface area contributed by atoms with Crippen LogP contribution in [0.4, 0.5) is 0 Å². The van der Waals surface area contributed by atoms with E-state index in [0.717, 1.165) is 18.2 Å². The van der Waals surface area contributed by atoms with Crippen LogP contribution in [0.25, 0.3) is 0 Å². The van der Waals surface area contributed by atoms with Gasteiger partial charge in [-0.1, -0.05) is 35.3 Å². The first-order valence-corrected chi connectivity index (χ1v) is 8.27. The lowest BCUT2D eigenvalue weighted by Gasteiger charge is -2.22. The van der Waals surface area contributed by atoms with Crippen molar-refractivity contribution in [2.45, 2.75) is 57.3 Å². The second-order valence-corrected chi connectivity index (χ2v) is 7.03. The van der Waals surface area contributed by atoms with E-state index in [1.165, 1.54) is 19.3 Å². The van der Waals surface area contributed by atoms with Gasteiger partial charge in [-0.2, -0.15) is 0 Å². The zero-order chi connectivity index (χ0) is 14.3. The van der Waals surface area contributed by atoms with Gasteiger partial charge in [-0.3, -0.25) is 4.90 Å². The molecule has 0 unspecified atom stereocenters. The van der Waals surface area contributed by atoms with Gasteiger partial charge in [0.2, 0.25) is 0 Å². The number of rotatable bonds is 4. The highest BCUT2D eigenvalue weighted by Crippen LogP contribution is 2.35. The van der Waals surface area contributed by atoms with E-state index >= 15 is 0 Å². The number of nitrogens with one attached hydrogen (secondary N) is 1. The van der Waals surface area contributed by atoms with Crippen LogP contribution in [-0.4, -0.2) is 29.6 Å². The zero-order valence-electron chi connectivity index (χ0n) is 12.1. The number of hydrogen-bond acceptors (Lipinski definition) is 2. The summed E-state index contributed by atoms with van der Waals surface area (Å²) < 4.78 is 0. The fourth-order valence-corrected chi connectivity index (χ4v) is 3.86. The molecule has 1 aliphatic carbocycles. The molecule has 1 aromatic rings. The van der Waals surface area contributed by atoms with E-state index in [9.17, 15) is 0 Å². The standard InChI is InChI=1S/C16H22Cl2N2/c1-10-8-12(9-20(10)13-6-7-13)19-11(2)14-4-3-5-15(17)16(14)18/h3-5,10-13,19H,6-9H2,1-2H3/t10-,11-,12-/m0/s1. The molecule has 1 aromatic carbocycles. The van der Waals surface area contributed by atoms with Crippen molar-refractivity contribution >= 4 is 23.2 Å². The van der Waals surface area contributed by atoms with Crippen LogP contribution in [0, 0.1) is 0 Å². The summed E-state index contributed by atoms with van der Waals surface area (Å²) in [5, 5.41) is 5.04. The lowest BCUT2D eigenvalue weighted by Crippen LogP contribution is -2.35. The first-order chi connectivity index (χ1) is 9.56. The second-order valence-electron chi connectivity index (χ2n) is 6.24. The predicted molar refractivity (Wildman–Crippen MR) is 85.6 cm³/mol. The molecule has 0 amide bonds. The van der Waals surface area contributed by atoms with Gasteiger partial charge >= 0.3 is 0 Å². The van der Waals surface area contributed by atoms with E-state index in [0.29, 0.717) is 22.1 Å². The maximum absolute atomic E-state index is 6.31. The highest BCUT2D eigenvalue weighted by molar-refractivity contribution is 6.42. The lowest BCUT2D eigenvalue weighted by atomic mass is 10.1. The molecule has 1 saturated heterocycles. The summed E-state index contributed by atoms with van der Waals surface area (Å²) in [6, 6.07) is 8.20. The summed E-state index contributed by atoms with van der Waals surface area (Å²) in [5.41, 5.74) is 1.09. The Morgan fingerprint density at radius 1 is 1.30 bits per heavy atom. The zero-order valence-corrected chi connectivity index (χ0v) is 13.6. The van der Waals surface area contributed by atoms with Crippen molar-refractivity contribution in [1.29, 1.82) is 0 Å². The molecule has 2 aliphatic rings. The highest BCUT2D eigenvalue weighted by atomic mass is 35.5. The molecule has 1 aliphatic heterocycles. The molecule has 20 heavy (non-hydrogen) atoms. The molecule has 1 saturated carbocycles. The Kier molecular flexibility index (Phi) is 4.28. The Labute approximate surface area is 131 Å². The van der Waals surface area contributed by atoms with Crippen LogP contribution in [0.5, 0.6) is 0 Å². The molecule has 0 radical (unpaired) electrons. The Bertz CT molecular complexity index is 487. The van der Waals surface area contributed by atoms with Crippen molar-refractivity contribution in [2.24, 2.45) is 0 Å². The van der Waals surface area contributed by atoms with Gasteiger partial charge in [0, 0.05) is 30.7 Å². The van der Waals surface area contributed by atoms with Crippen molar-refractivity contribution in [3.8, 4) is 0 Å². The topological polar surface area (TPSA) is 15.3 Å². The van der Waals surface area contributed by atoms with Gasteiger partial charge in [0.1, 0.15) is 0 Å². The minimum Gasteiger partial charge on any atom is -0.306 e. The lowest BCUT2D eigenvalue weighted by molar-refractivity contribution is 0.254. The molecule has 2 fully saturated rings. The summed E-state index contributed by atoms with van der Waals surface area (Å²) in [7, 11) is 0. The maximum Gasteiger partial charge on any atom is 0.0639 e. The monoisotopic (exact) mass is 312 g/mol. The number of benzene rings is 1. The smallest absolute Gasteiger partial charge is 0.0639 e. The number of nitrogens with zero attached hydrogens (tertiary/aromatic N) is 1. The van der Waals surface area contributed by atoms with E-state index in [2.05, 4.69) is 30.1 Å². The van der Waals surface area contributed by atoms with Crippen LogP contribution < -0.4 is 5.32 Å². The molecule has 2 nitrogen and oxygen atoms in total. The maximum atomic E-state index is 6.31. The van der Waals surface area contributed by atoms with E-state index in [-0.39, 0.29) is 6.04 Å².